The average molecular weight is 353 g/mol. The van der Waals surface area contributed by atoms with Crippen LogP contribution in [0.4, 0.5) is 11.8 Å². The zero-order valence-corrected chi connectivity index (χ0v) is 13.4. The number of amides is 1. The van der Waals surface area contributed by atoms with Gasteiger partial charge in [0.1, 0.15) is 31.2 Å². The lowest BCUT2D eigenvalue weighted by molar-refractivity contribution is -0.125. The summed E-state index contributed by atoms with van der Waals surface area (Å²) in [6.07, 6.45) is -3.10. The first-order valence-electron chi connectivity index (χ1n) is 7.47. The van der Waals surface area contributed by atoms with Crippen LogP contribution in [0.15, 0.2) is 6.33 Å². The highest BCUT2D eigenvalue weighted by Gasteiger charge is 2.45. The molecule has 1 fully saturated rings. The van der Waals surface area contributed by atoms with E-state index < -0.39 is 30.4 Å². The molecule has 1 aliphatic rings. The first-order valence-corrected chi connectivity index (χ1v) is 7.47. The molecule has 0 radical (unpaired) electrons. The van der Waals surface area contributed by atoms with E-state index in [1.807, 2.05) is 0 Å². The number of nitrogens with one attached hydrogen (secondary N) is 1. The summed E-state index contributed by atoms with van der Waals surface area (Å²) in [5, 5.41) is 23.4. The number of carbonyl (C=O) groups is 1. The van der Waals surface area contributed by atoms with E-state index in [0.717, 1.165) is 0 Å². The summed E-state index contributed by atoms with van der Waals surface area (Å²) in [4.78, 5) is 23.0. The van der Waals surface area contributed by atoms with E-state index in [2.05, 4.69) is 20.3 Å². The normalized spacial score (nSPS) is 26.2. The third kappa shape index (κ3) is 3.07. The molecule has 2 aromatic heterocycles. The Kier molecular flexibility index (Phi) is 4.67. The highest BCUT2D eigenvalue weighted by Crippen LogP contribution is 2.35. The number of hydrogen-bond donors (Lipinski definition) is 5. The summed E-state index contributed by atoms with van der Waals surface area (Å²) >= 11 is 0. The second-order valence-electron chi connectivity index (χ2n) is 5.51. The number of nitrogen functional groups attached to an aromatic ring is 1. The van der Waals surface area contributed by atoms with Crippen molar-refractivity contribution >= 4 is 28.8 Å². The van der Waals surface area contributed by atoms with Gasteiger partial charge in [0.25, 0.3) is 0 Å². The molecule has 0 spiro atoms. The number of imidazole rings is 1. The zero-order valence-electron chi connectivity index (χ0n) is 13.4. The van der Waals surface area contributed by atoms with E-state index in [1.54, 1.807) is 7.05 Å². The number of nitrogens with two attached hydrogens (primary N) is 2. The largest absolute Gasteiger partial charge is 0.387 e. The predicted molar refractivity (Wildman–Crippen MR) is 85.2 cm³/mol. The number of rotatable bonds is 6. The van der Waals surface area contributed by atoms with Gasteiger partial charge in [-0.15, -0.1) is 0 Å². The summed E-state index contributed by atoms with van der Waals surface area (Å²) in [7, 11) is 1.63. The summed E-state index contributed by atoms with van der Waals surface area (Å²) in [5.74, 6) is -0.137. The van der Waals surface area contributed by atoms with Crippen LogP contribution in [0.1, 0.15) is 6.23 Å². The molecule has 3 rings (SSSR count). The third-order valence-electron chi connectivity index (χ3n) is 3.85. The van der Waals surface area contributed by atoms with Gasteiger partial charge in [-0.2, -0.15) is 0 Å². The molecule has 7 N–H and O–H groups in total. The van der Waals surface area contributed by atoms with Crippen molar-refractivity contribution < 1.29 is 24.5 Å². The molecule has 12 nitrogen and oxygen atoms in total. The fourth-order valence-corrected chi connectivity index (χ4v) is 2.70. The molecule has 3 heterocycles. The van der Waals surface area contributed by atoms with Crippen molar-refractivity contribution in [2.75, 3.05) is 31.3 Å². The number of nitrogens with zero attached hydrogens (tertiary/aromatic N) is 4. The van der Waals surface area contributed by atoms with Gasteiger partial charge in [-0.3, -0.25) is 9.36 Å². The number of ether oxygens (including phenoxy) is 2. The number of aliphatic hydroxyl groups is 2. The molecule has 1 saturated heterocycles. The van der Waals surface area contributed by atoms with Crippen molar-refractivity contribution in [2.24, 2.45) is 5.73 Å². The number of aromatic nitrogens is 4. The molecule has 0 saturated carbocycles. The molecule has 0 bridgehead atoms. The molecule has 25 heavy (non-hydrogen) atoms. The Morgan fingerprint density at radius 1 is 1.44 bits per heavy atom. The lowest BCUT2D eigenvalue weighted by Crippen LogP contribution is -2.34. The maximum absolute atomic E-state index is 10.7. The number of carbonyl (C=O) groups excluding carboxylic acids is 1. The quantitative estimate of drug-likeness (QED) is 0.374. The topological polar surface area (TPSA) is 184 Å². The molecule has 1 aliphatic heterocycles. The van der Waals surface area contributed by atoms with Crippen LogP contribution >= 0.6 is 0 Å². The van der Waals surface area contributed by atoms with Crippen LogP contribution in [0.3, 0.4) is 0 Å². The minimum Gasteiger partial charge on any atom is -0.387 e. The van der Waals surface area contributed by atoms with Gasteiger partial charge in [0, 0.05) is 7.05 Å². The van der Waals surface area contributed by atoms with Crippen molar-refractivity contribution in [1.82, 2.24) is 19.5 Å². The minimum atomic E-state index is -1.28. The first kappa shape index (κ1) is 17.3. The van der Waals surface area contributed by atoms with E-state index in [1.165, 1.54) is 10.9 Å². The van der Waals surface area contributed by atoms with Gasteiger partial charge in [0.2, 0.25) is 11.9 Å². The maximum Gasteiger partial charge on any atom is 0.243 e. The number of primary amides is 1. The summed E-state index contributed by atoms with van der Waals surface area (Å²) in [6, 6.07) is 0. The smallest absolute Gasteiger partial charge is 0.243 e. The van der Waals surface area contributed by atoms with Gasteiger partial charge in [0.05, 0.1) is 6.61 Å². The van der Waals surface area contributed by atoms with E-state index in [-0.39, 0.29) is 19.0 Å². The SMILES string of the molecule is CNc1nc2c(N)ncnc2n1[C@@H]1O[C@H](COCC(N)=O)[C@@H](O)[C@H]1O. The predicted octanol–water partition coefficient (Wildman–Crippen LogP) is -2.43. The van der Waals surface area contributed by atoms with Crippen LogP contribution in [-0.2, 0) is 14.3 Å². The van der Waals surface area contributed by atoms with Crippen molar-refractivity contribution in [3.8, 4) is 0 Å². The van der Waals surface area contributed by atoms with E-state index in [0.29, 0.717) is 17.1 Å². The molecule has 0 unspecified atom stereocenters. The van der Waals surface area contributed by atoms with Crippen molar-refractivity contribution in [3.05, 3.63) is 6.33 Å². The Bertz CT molecular complexity index is 781. The molecular weight excluding hydrogens is 334 g/mol. The first-order chi connectivity index (χ1) is 11.9. The second kappa shape index (κ2) is 6.76. The standard InChI is InChI=1S/C13H19N7O5/c1-16-13-19-7-10(15)17-4-18-11(7)20(13)12-9(23)8(22)5(25-12)2-24-3-6(14)21/h4-5,8-9,12,22-23H,2-3H2,1H3,(H2,14,21)(H,16,19)(H2,15,17,18)/t5-,8-,9-,12-/m1/s1. The van der Waals surface area contributed by atoms with Crippen LogP contribution in [0, 0.1) is 0 Å². The molecule has 4 atom stereocenters. The summed E-state index contributed by atoms with van der Waals surface area (Å²) < 4.78 is 12.3. The van der Waals surface area contributed by atoms with Crippen LogP contribution in [-0.4, -0.2) is 74.2 Å². The summed E-state index contributed by atoms with van der Waals surface area (Å²) in [5.41, 5.74) is 11.5. The monoisotopic (exact) mass is 353 g/mol. The van der Waals surface area contributed by atoms with Gasteiger partial charge in [-0.05, 0) is 0 Å². The minimum absolute atomic E-state index is 0.115. The Morgan fingerprint density at radius 3 is 2.88 bits per heavy atom. The molecule has 12 heteroatoms. The zero-order chi connectivity index (χ0) is 18.1. The van der Waals surface area contributed by atoms with Gasteiger partial charge in [0.15, 0.2) is 23.2 Å². The second-order valence-corrected chi connectivity index (χ2v) is 5.51. The summed E-state index contributed by atoms with van der Waals surface area (Å²) in [6.45, 7) is -0.427. The van der Waals surface area contributed by atoms with Gasteiger partial charge >= 0.3 is 0 Å². The average Bonchev–Trinajstić information content (AvgIpc) is 3.08. The van der Waals surface area contributed by atoms with Gasteiger partial charge in [-0.1, -0.05) is 0 Å². The van der Waals surface area contributed by atoms with E-state index in [4.69, 9.17) is 20.9 Å². The van der Waals surface area contributed by atoms with Crippen molar-refractivity contribution in [2.45, 2.75) is 24.5 Å². The fraction of sp³-hybridized carbons (Fsp3) is 0.538. The van der Waals surface area contributed by atoms with Gasteiger partial charge in [-0.25, -0.2) is 15.0 Å². The van der Waals surface area contributed by atoms with Crippen molar-refractivity contribution in [3.63, 3.8) is 0 Å². The van der Waals surface area contributed by atoms with E-state index >= 15 is 0 Å². The molecule has 136 valence electrons. The fourth-order valence-electron chi connectivity index (χ4n) is 2.70. The Balaban J connectivity index is 1.90. The van der Waals surface area contributed by atoms with Crippen LogP contribution in [0.5, 0.6) is 0 Å². The number of hydrogen-bond acceptors (Lipinski definition) is 10. The maximum atomic E-state index is 10.7. The molecular formula is C13H19N7O5. The number of aliphatic hydroxyl groups excluding tert-OH is 2. The Labute approximate surface area is 141 Å². The molecule has 1 amide bonds. The van der Waals surface area contributed by atoms with Crippen molar-refractivity contribution in [1.29, 1.82) is 0 Å². The molecule has 0 aliphatic carbocycles. The van der Waals surface area contributed by atoms with Crippen LogP contribution < -0.4 is 16.8 Å². The lowest BCUT2D eigenvalue weighted by Gasteiger charge is -2.18. The third-order valence-corrected chi connectivity index (χ3v) is 3.85. The Hall–Kier alpha value is -2.54. The van der Waals surface area contributed by atoms with Gasteiger partial charge < -0.3 is 36.5 Å². The number of anilines is 2. The highest BCUT2D eigenvalue weighted by atomic mass is 16.6. The molecule has 2 aromatic rings. The van der Waals surface area contributed by atoms with Crippen LogP contribution in [0.2, 0.25) is 0 Å². The highest BCUT2D eigenvalue weighted by molar-refractivity contribution is 5.84. The lowest BCUT2D eigenvalue weighted by atomic mass is 10.1. The number of fused-ring (bicyclic) bond motifs is 1. The molecule has 0 aromatic carbocycles. The van der Waals surface area contributed by atoms with Crippen LogP contribution in [0.25, 0.3) is 11.2 Å². The Morgan fingerprint density at radius 2 is 2.20 bits per heavy atom. The van der Waals surface area contributed by atoms with E-state index in [9.17, 15) is 15.0 Å².